The lowest BCUT2D eigenvalue weighted by atomic mass is 9.95. The summed E-state index contributed by atoms with van der Waals surface area (Å²) in [5.41, 5.74) is 0.587. The molecule has 0 saturated carbocycles. The van der Waals surface area contributed by atoms with Crippen LogP contribution in [0.1, 0.15) is 39.7 Å². The van der Waals surface area contributed by atoms with Crippen molar-refractivity contribution in [1.82, 2.24) is 5.32 Å². The van der Waals surface area contributed by atoms with Gasteiger partial charge in [-0.25, -0.2) is 9.59 Å². The molecule has 6 nitrogen and oxygen atoms in total. The maximum absolute atomic E-state index is 12.3. The van der Waals surface area contributed by atoms with Crippen molar-refractivity contribution in [1.29, 1.82) is 0 Å². The van der Waals surface area contributed by atoms with E-state index in [1.165, 1.54) is 5.56 Å². The number of ether oxygens (including phenoxy) is 3. The Balaban J connectivity index is 1.96. The Bertz CT molecular complexity index is 596. The summed E-state index contributed by atoms with van der Waals surface area (Å²) in [6, 6.07) is 9.29. The highest BCUT2D eigenvalue weighted by molar-refractivity contribution is 5.81. The van der Waals surface area contributed by atoms with E-state index in [1.54, 1.807) is 20.8 Å². The lowest BCUT2D eigenvalue weighted by Gasteiger charge is -2.23. The number of esters is 1. The van der Waals surface area contributed by atoms with Gasteiger partial charge in [0.2, 0.25) is 0 Å². The van der Waals surface area contributed by atoms with Crippen LogP contribution in [-0.2, 0) is 25.4 Å². The monoisotopic (exact) mass is 363 g/mol. The van der Waals surface area contributed by atoms with Crippen molar-refractivity contribution in [2.45, 2.75) is 58.3 Å². The minimum Gasteiger partial charge on any atom is -0.461 e. The van der Waals surface area contributed by atoms with Gasteiger partial charge in [0.15, 0.2) is 6.04 Å². The molecule has 1 aromatic rings. The average Bonchev–Trinajstić information content (AvgIpc) is 2.57. The van der Waals surface area contributed by atoms with E-state index in [-0.39, 0.29) is 18.6 Å². The van der Waals surface area contributed by atoms with E-state index < -0.39 is 23.7 Å². The molecular formula is C20H29NO5. The number of hydrogen-bond donors (Lipinski definition) is 1. The number of carbonyl (C=O) groups excluding carboxylic acids is 2. The van der Waals surface area contributed by atoms with Crippen LogP contribution in [0, 0.1) is 5.92 Å². The van der Waals surface area contributed by atoms with Gasteiger partial charge in [0.1, 0.15) is 5.60 Å². The number of alkyl carbamates (subject to hydrolysis) is 1. The highest BCUT2D eigenvalue weighted by atomic mass is 16.6. The van der Waals surface area contributed by atoms with Crippen molar-refractivity contribution >= 4 is 12.1 Å². The van der Waals surface area contributed by atoms with Crippen LogP contribution in [0.15, 0.2) is 30.3 Å². The first-order chi connectivity index (χ1) is 12.2. The summed E-state index contributed by atoms with van der Waals surface area (Å²) in [7, 11) is 0. The van der Waals surface area contributed by atoms with Gasteiger partial charge in [0, 0.05) is 6.61 Å². The number of nitrogens with one attached hydrogen (secondary N) is 1. The van der Waals surface area contributed by atoms with Gasteiger partial charge in [0.05, 0.1) is 12.7 Å². The molecule has 1 aromatic carbocycles. The second-order valence-corrected chi connectivity index (χ2v) is 7.78. The van der Waals surface area contributed by atoms with Crippen LogP contribution in [0.5, 0.6) is 0 Å². The number of benzene rings is 1. The van der Waals surface area contributed by atoms with Crippen LogP contribution in [-0.4, -0.2) is 43.0 Å². The van der Waals surface area contributed by atoms with Crippen molar-refractivity contribution in [3.05, 3.63) is 35.9 Å². The highest BCUT2D eigenvalue weighted by Gasteiger charge is 2.29. The van der Waals surface area contributed by atoms with Gasteiger partial charge < -0.3 is 19.5 Å². The highest BCUT2D eigenvalue weighted by Crippen LogP contribution is 2.19. The molecule has 26 heavy (non-hydrogen) atoms. The zero-order valence-corrected chi connectivity index (χ0v) is 16.0. The molecule has 1 fully saturated rings. The molecule has 0 radical (unpaired) electrons. The normalized spacial score (nSPS) is 24.6. The molecule has 144 valence electrons. The minimum absolute atomic E-state index is 0.0656. The third kappa shape index (κ3) is 7.04. The van der Waals surface area contributed by atoms with E-state index in [2.05, 4.69) is 17.4 Å². The molecule has 0 bridgehead atoms. The quantitative estimate of drug-likeness (QED) is 0.836. The Hall–Kier alpha value is -2.08. The second kappa shape index (κ2) is 9.03. The molecule has 6 heteroatoms. The maximum Gasteiger partial charge on any atom is 0.408 e. The summed E-state index contributed by atoms with van der Waals surface area (Å²) in [4.78, 5) is 24.3. The number of amides is 1. The van der Waals surface area contributed by atoms with Crippen molar-refractivity contribution in [3.63, 3.8) is 0 Å². The van der Waals surface area contributed by atoms with Gasteiger partial charge in [-0.15, -0.1) is 0 Å². The summed E-state index contributed by atoms with van der Waals surface area (Å²) < 4.78 is 16.4. The van der Waals surface area contributed by atoms with Gasteiger partial charge >= 0.3 is 12.1 Å². The van der Waals surface area contributed by atoms with Crippen LogP contribution in [0.2, 0.25) is 0 Å². The molecule has 0 unspecified atom stereocenters. The Labute approximate surface area is 155 Å². The summed E-state index contributed by atoms with van der Waals surface area (Å²) in [6.07, 6.45) is 0.656. The van der Waals surface area contributed by atoms with E-state index in [0.29, 0.717) is 13.0 Å². The van der Waals surface area contributed by atoms with Gasteiger partial charge in [-0.3, -0.25) is 0 Å². The van der Waals surface area contributed by atoms with E-state index in [1.807, 2.05) is 25.1 Å². The second-order valence-electron chi connectivity index (χ2n) is 7.78. The van der Waals surface area contributed by atoms with E-state index >= 15 is 0 Å². The SMILES string of the molecule is C[C@H]1C[C@@H](Cc2ccccc2)COC[C@H](NC(=O)OC(C)(C)C)C(=O)O1. The molecular weight excluding hydrogens is 334 g/mol. The van der Waals surface area contributed by atoms with Crippen molar-refractivity contribution in [2.75, 3.05) is 13.2 Å². The lowest BCUT2D eigenvalue weighted by Crippen LogP contribution is -2.47. The van der Waals surface area contributed by atoms with Gasteiger partial charge in [-0.1, -0.05) is 30.3 Å². The summed E-state index contributed by atoms with van der Waals surface area (Å²) in [5.74, 6) is -0.260. The van der Waals surface area contributed by atoms with E-state index in [0.717, 1.165) is 6.42 Å². The van der Waals surface area contributed by atoms with Crippen LogP contribution in [0.3, 0.4) is 0 Å². The molecule has 1 heterocycles. The predicted molar refractivity (Wildman–Crippen MR) is 97.8 cm³/mol. The van der Waals surface area contributed by atoms with Crippen molar-refractivity contribution in [3.8, 4) is 0 Å². The number of hydrogen-bond acceptors (Lipinski definition) is 5. The molecule has 1 amide bonds. The Morgan fingerprint density at radius 3 is 2.58 bits per heavy atom. The first-order valence-electron chi connectivity index (χ1n) is 9.04. The molecule has 1 aliphatic rings. The first-order valence-corrected chi connectivity index (χ1v) is 9.04. The molecule has 1 aliphatic heterocycles. The van der Waals surface area contributed by atoms with Crippen LogP contribution >= 0.6 is 0 Å². The molecule has 0 aliphatic carbocycles. The number of cyclic esters (lactones) is 1. The zero-order valence-electron chi connectivity index (χ0n) is 16.0. The van der Waals surface area contributed by atoms with Crippen LogP contribution in [0.25, 0.3) is 0 Å². The first kappa shape index (κ1) is 20.2. The minimum atomic E-state index is -0.872. The molecule has 2 rings (SSSR count). The summed E-state index contributed by atoms with van der Waals surface area (Å²) in [5, 5.41) is 2.55. The molecule has 0 aromatic heterocycles. The molecule has 0 spiro atoms. The zero-order chi connectivity index (χ0) is 19.2. The Morgan fingerprint density at radius 2 is 1.92 bits per heavy atom. The van der Waals surface area contributed by atoms with Gasteiger partial charge in [0.25, 0.3) is 0 Å². The largest absolute Gasteiger partial charge is 0.461 e. The lowest BCUT2D eigenvalue weighted by molar-refractivity contribution is -0.151. The van der Waals surface area contributed by atoms with Crippen LogP contribution < -0.4 is 5.32 Å². The van der Waals surface area contributed by atoms with Crippen molar-refractivity contribution in [2.24, 2.45) is 5.92 Å². The Morgan fingerprint density at radius 1 is 1.23 bits per heavy atom. The van der Waals surface area contributed by atoms with E-state index in [4.69, 9.17) is 14.2 Å². The van der Waals surface area contributed by atoms with Gasteiger partial charge in [-0.05, 0) is 52.0 Å². The predicted octanol–water partition coefficient (Wildman–Crippen LogP) is 3.09. The third-order valence-corrected chi connectivity index (χ3v) is 3.96. The van der Waals surface area contributed by atoms with E-state index in [9.17, 15) is 9.59 Å². The molecule has 3 atom stereocenters. The number of carbonyl (C=O) groups is 2. The topological polar surface area (TPSA) is 73.9 Å². The maximum atomic E-state index is 12.3. The van der Waals surface area contributed by atoms with Crippen LogP contribution in [0.4, 0.5) is 4.79 Å². The fourth-order valence-electron chi connectivity index (χ4n) is 2.93. The van der Waals surface area contributed by atoms with Gasteiger partial charge in [-0.2, -0.15) is 0 Å². The fraction of sp³-hybridized carbons (Fsp3) is 0.600. The molecule has 1 saturated heterocycles. The summed E-state index contributed by atoms with van der Waals surface area (Å²) >= 11 is 0. The average molecular weight is 363 g/mol. The summed E-state index contributed by atoms with van der Waals surface area (Å²) in [6.45, 7) is 7.73. The Kier molecular flexibility index (Phi) is 7.03. The van der Waals surface area contributed by atoms with Crippen molar-refractivity contribution < 1.29 is 23.8 Å². The number of rotatable bonds is 3. The molecule has 1 N–H and O–H groups in total. The smallest absolute Gasteiger partial charge is 0.408 e. The fourth-order valence-corrected chi connectivity index (χ4v) is 2.93. The standard InChI is InChI=1S/C20H29NO5/c1-14-10-16(11-15-8-6-5-7-9-15)12-24-13-17(18(22)25-14)21-19(23)26-20(2,3)4/h5-9,14,16-17H,10-13H2,1-4H3,(H,21,23)/t14-,16-,17-/m0/s1. The third-order valence-electron chi connectivity index (χ3n) is 3.96.